The molecule has 2 nitrogen and oxygen atoms in total. The number of quaternary nitrogens is 1. The summed E-state index contributed by atoms with van der Waals surface area (Å²) in [5.74, 6) is 0. The quantitative estimate of drug-likeness (QED) is 0.495. The van der Waals surface area contributed by atoms with Gasteiger partial charge in [-0.15, -0.1) is 0 Å². The zero-order valence-corrected chi connectivity index (χ0v) is 6.06. The van der Waals surface area contributed by atoms with Crippen LogP contribution in [0.15, 0.2) is 0 Å². The highest BCUT2D eigenvalue weighted by Gasteiger charge is 2.23. The van der Waals surface area contributed by atoms with Gasteiger partial charge in [-0.1, -0.05) is 0 Å². The van der Waals surface area contributed by atoms with Crippen LogP contribution < -0.4 is 4.90 Å². The summed E-state index contributed by atoms with van der Waals surface area (Å²) in [6, 6.07) is 0.745. The van der Waals surface area contributed by atoms with Gasteiger partial charge in [-0.2, -0.15) is 0 Å². The van der Waals surface area contributed by atoms with Crippen LogP contribution in [0.3, 0.4) is 0 Å². The molecule has 0 amide bonds. The highest BCUT2D eigenvalue weighted by Crippen LogP contribution is 2.01. The lowest BCUT2D eigenvalue weighted by atomic mass is 10.2. The molecule has 1 fully saturated rings. The lowest BCUT2D eigenvalue weighted by molar-refractivity contribution is -0.892. The number of aliphatic hydroxyl groups excluding tert-OH is 1. The first-order valence-electron chi connectivity index (χ1n) is 3.77. The molecule has 2 atom stereocenters. The summed E-state index contributed by atoms with van der Waals surface area (Å²) in [7, 11) is 2.22. The number of hydrogen-bond donors (Lipinski definition) is 2. The van der Waals surface area contributed by atoms with E-state index >= 15 is 0 Å². The Bertz CT molecular complexity index is 85.0. The molecule has 1 unspecified atom stereocenters. The molecule has 1 aliphatic rings. The Labute approximate surface area is 56.5 Å². The molecule has 0 aliphatic carbocycles. The molecule has 0 aromatic carbocycles. The molecule has 0 aromatic heterocycles. The van der Waals surface area contributed by atoms with Gasteiger partial charge in [0.1, 0.15) is 0 Å². The zero-order valence-electron chi connectivity index (χ0n) is 6.06. The minimum atomic E-state index is 0.363. The van der Waals surface area contributed by atoms with Gasteiger partial charge < -0.3 is 10.0 Å². The fourth-order valence-corrected chi connectivity index (χ4v) is 1.62. The maximum atomic E-state index is 8.63. The largest absolute Gasteiger partial charge is 0.396 e. The van der Waals surface area contributed by atoms with Gasteiger partial charge in [-0.05, 0) is 0 Å². The van der Waals surface area contributed by atoms with Crippen molar-refractivity contribution < 1.29 is 10.0 Å². The first kappa shape index (κ1) is 7.03. The van der Waals surface area contributed by atoms with Crippen molar-refractivity contribution in [1.82, 2.24) is 0 Å². The van der Waals surface area contributed by atoms with Crippen LogP contribution in [0.5, 0.6) is 0 Å². The third-order valence-corrected chi connectivity index (χ3v) is 2.30. The van der Waals surface area contributed by atoms with Crippen molar-refractivity contribution in [3.63, 3.8) is 0 Å². The van der Waals surface area contributed by atoms with E-state index in [1.54, 1.807) is 4.90 Å². The summed E-state index contributed by atoms with van der Waals surface area (Å²) in [5, 5.41) is 8.63. The summed E-state index contributed by atoms with van der Waals surface area (Å²) in [4.78, 5) is 1.60. The van der Waals surface area contributed by atoms with Crippen molar-refractivity contribution in [3.05, 3.63) is 0 Å². The lowest BCUT2D eigenvalue weighted by Crippen LogP contribution is -3.10. The monoisotopic (exact) mass is 130 g/mol. The number of hydrogen-bond acceptors (Lipinski definition) is 1. The van der Waals surface area contributed by atoms with E-state index in [2.05, 4.69) is 7.05 Å². The van der Waals surface area contributed by atoms with E-state index < -0.39 is 0 Å². The molecule has 0 radical (unpaired) electrons. The van der Waals surface area contributed by atoms with E-state index in [1.165, 1.54) is 19.4 Å². The second-order valence-electron chi connectivity index (χ2n) is 2.95. The minimum Gasteiger partial charge on any atom is -0.396 e. The molecular formula is C7H16NO+. The normalized spacial score (nSPS) is 35.3. The molecule has 9 heavy (non-hydrogen) atoms. The topological polar surface area (TPSA) is 24.7 Å². The summed E-state index contributed by atoms with van der Waals surface area (Å²) >= 11 is 0. The molecule has 1 saturated heterocycles. The molecule has 1 aliphatic heterocycles. The summed E-state index contributed by atoms with van der Waals surface area (Å²) in [5.41, 5.74) is 0. The van der Waals surface area contributed by atoms with Crippen LogP contribution in [0.25, 0.3) is 0 Å². The van der Waals surface area contributed by atoms with Crippen molar-refractivity contribution in [1.29, 1.82) is 0 Å². The molecule has 1 heterocycles. The van der Waals surface area contributed by atoms with Gasteiger partial charge in [0.15, 0.2) is 0 Å². The molecule has 2 heteroatoms. The standard InChI is InChI=1S/C7H15NO/c1-8-5-2-3-7(8)4-6-9/h7,9H,2-6H2,1H3/p+1/t7-/m1/s1. The smallest absolute Gasteiger partial charge is 0.0897 e. The Kier molecular flexibility index (Phi) is 2.49. The first-order valence-corrected chi connectivity index (χ1v) is 3.77. The molecule has 0 spiro atoms. The molecule has 0 bridgehead atoms. The maximum Gasteiger partial charge on any atom is 0.0897 e. The molecular weight excluding hydrogens is 114 g/mol. The van der Waals surface area contributed by atoms with Gasteiger partial charge in [-0.3, -0.25) is 0 Å². The first-order chi connectivity index (χ1) is 4.34. The predicted molar refractivity (Wildman–Crippen MR) is 36.5 cm³/mol. The minimum absolute atomic E-state index is 0.363. The Morgan fingerprint density at radius 2 is 2.44 bits per heavy atom. The Hall–Kier alpha value is -0.0800. The Balaban J connectivity index is 2.22. The van der Waals surface area contributed by atoms with Crippen LogP contribution >= 0.6 is 0 Å². The van der Waals surface area contributed by atoms with Crippen LogP contribution in [0, 0.1) is 0 Å². The van der Waals surface area contributed by atoms with Gasteiger partial charge in [0.2, 0.25) is 0 Å². The number of nitrogens with one attached hydrogen (secondary N) is 1. The van der Waals surface area contributed by atoms with Gasteiger partial charge in [0, 0.05) is 25.9 Å². The van der Waals surface area contributed by atoms with Gasteiger partial charge in [-0.25, -0.2) is 0 Å². The number of likely N-dealkylation sites (tertiary alicyclic amines) is 1. The molecule has 0 aromatic rings. The van der Waals surface area contributed by atoms with Crippen LogP contribution in [0.4, 0.5) is 0 Å². The lowest BCUT2D eigenvalue weighted by Gasteiger charge is -2.14. The predicted octanol–water partition coefficient (Wildman–Crippen LogP) is -0.954. The molecule has 1 rings (SSSR count). The average Bonchev–Trinajstić information content (AvgIpc) is 2.18. The molecule has 2 N–H and O–H groups in total. The van der Waals surface area contributed by atoms with Crippen LogP contribution in [-0.4, -0.2) is 31.3 Å². The second-order valence-corrected chi connectivity index (χ2v) is 2.95. The van der Waals surface area contributed by atoms with E-state index in [9.17, 15) is 0 Å². The fourth-order valence-electron chi connectivity index (χ4n) is 1.62. The number of rotatable bonds is 2. The zero-order chi connectivity index (χ0) is 6.69. The fraction of sp³-hybridized carbons (Fsp3) is 1.00. The summed E-state index contributed by atoms with van der Waals surface area (Å²) in [6.07, 6.45) is 3.65. The molecule has 54 valence electrons. The van der Waals surface area contributed by atoms with E-state index in [0.29, 0.717) is 6.61 Å². The van der Waals surface area contributed by atoms with Gasteiger partial charge >= 0.3 is 0 Å². The number of aliphatic hydroxyl groups is 1. The van der Waals surface area contributed by atoms with E-state index in [-0.39, 0.29) is 0 Å². The third-order valence-electron chi connectivity index (χ3n) is 2.30. The second kappa shape index (κ2) is 3.18. The van der Waals surface area contributed by atoms with Crippen molar-refractivity contribution in [2.45, 2.75) is 25.3 Å². The summed E-state index contributed by atoms with van der Waals surface area (Å²) in [6.45, 7) is 1.66. The molecule has 0 saturated carbocycles. The van der Waals surface area contributed by atoms with E-state index in [1.807, 2.05) is 0 Å². The highest BCUT2D eigenvalue weighted by molar-refractivity contribution is 4.60. The van der Waals surface area contributed by atoms with Gasteiger partial charge in [0.05, 0.1) is 19.6 Å². The summed E-state index contributed by atoms with van der Waals surface area (Å²) < 4.78 is 0. The maximum absolute atomic E-state index is 8.63. The van der Waals surface area contributed by atoms with Crippen molar-refractivity contribution >= 4 is 0 Å². The van der Waals surface area contributed by atoms with Crippen molar-refractivity contribution in [2.75, 3.05) is 20.2 Å². The average molecular weight is 130 g/mol. The van der Waals surface area contributed by atoms with E-state index in [4.69, 9.17) is 5.11 Å². The SMILES string of the molecule is C[NH+]1CCC[C@@H]1CCO. The van der Waals surface area contributed by atoms with Crippen LogP contribution in [0.1, 0.15) is 19.3 Å². The third kappa shape index (κ3) is 1.66. The Morgan fingerprint density at radius 1 is 1.67 bits per heavy atom. The van der Waals surface area contributed by atoms with Crippen LogP contribution in [0.2, 0.25) is 0 Å². The van der Waals surface area contributed by atoms with Crippen molar-refractivity contribution in [3.8, 4) is 0 Å². The van der Waals surface area contributed by atoms with Crippen LogP contribution in [-0.2, 0) is 0 Å². The van der Waals surface area contributed by atoms with Crippen molar-refractivity contribution in [2.24, 2.45) is 0 Å². The van der Waals surface area contributed by atoms with E-state index in [0.717, 1.165) is 12.5 Å². The highest BCUT2D eigenvalue weighted by atomic mass is 16.3. The van der Waals surface area contributed by atoms with Gasteiger partial charge in [0.25, 0.3) is 0 Å². The Morgan fingerprint density at radius 3 is 2.89 bits per heavy atom.